The topological polar surface area (TPSA) is 41.6 Å². The van der Waals surface area contributed by atoms with Crippen LogP contribution < -0.4 is 5.73 Å². The van der Waals surface area contributed by atoms with Gasteiger partial charge in [0.05, 0.1) is 6.54 Å². The van der Waals surface area contributed by atoms with Gasteiger partial charge in [-0.2, -0.15) is 0 Å². The summed E-state index contributed by atoms with van der Waals surface area (Å²) in [5.74, 6) is 2.42. The molecule has 0 radical (unpaired) electrons. The molecule has 2 aliphatic rings. The number of aliphatic imine (C=N–C) groups is 1. The predicted molar refractivity (Wildman–Crippen MR) is 86.4 cm³/mol. The molecule has 1 aromatic carbocycles. The molecule has 0 saturated carbocycles. The van der Waals surface area contributed by atoms with Gasteiger partial charge in [-0.1, -0.05) is 31.0 Å². The van der Waals surface area contributed by atoms with Crippen LogP contribution in [0.15, 0.2) is 34.2 Å². The van der Waals surface area contributed by atoms with Crippen molar-refractivity contribution in [3.8, 4) is 0 Å². The van der Waals surface area contributed by atoms with Crippen molar-refractivity contribution >= 4 is 17.7 Å². The second kappa shape index (κ2) is 6.53. The number of benzene rings is 1. The van der Waals surface area contributed by atoms with Crippen molar-refractivity contribution in [3.05, 3.63) is 29.8 Å². The maximum absolute atomic E-state index is 6.19. The molecule has 108 valence electrons. The van der Waals surface area contributed by atoms with Gasteiger partial charge < -0.3 is 10.6 Å². The molecule has 2 aliphatic heterocycles. The number of hydrogen-bond acceptors (Lipinski definition) is 2. The molecule has 20 heavy (non-hydrogen) atoms. The van der Waals surface area contributed by atoms with Crippen LogP contribution in [0.3, 0.4) is 0 Å². The van der Waals surface area contributed by atoms with Gasteiger partial charge in [-0.15, -0.1) is 11.8 Å². The Morgan fingerprint density at radius 2 is 1.95 bits per heavy atom. The van der Waals surface area contributed by atoms with E-state index < -0.39 is 0 Å². The fourth-order valence-corrected chi connectivity index (χ4v) is 4.23. The van der Waals surface area contributed by atoms with Crippen molar-refractivity contribution in [2.24, 2.45) is 10.7 Å². The number of nitrogens with zero attached hydrogens (tertiary/aromatic N) is 2. The lowest BCUT2D eigenvalue weighted by molar-refractivity contribution is 0.428. The van der Waals surface area contributed by atoms with Crippen LogP contribution in [0, 0.1) is 0 Å². The first-order valence-corrected chi connectivity index (χ1v) is 8.60. The van der Waals surface area contributed by atoms with Gasteiger partial charge in [-0.25, -0.2) is 0 Å². The molecule has 2 N–H and O–H groups in total. The highest BCUT2D eigenvalue weighted by atomic mass is 32.2. The van der Waals surface area contributed by atoms with E-state index in [-0.39, 0.29) is 0 Å². The van der Waals surface area contributed by atoms with Gasteiger partial charge in [-0.05, 0) is 24.5 Å². The Morgan fingerprint density at radius 1 is 1.20 bits per heavy atom. The number of nitrogens with two attached hydrogens (primary N) is 1. The average molecular weight is 289 g/mol. The van der Waals surface area contributed by atoms with E-state index in [1.165, 1.54) is 36.1 Å². The Balaban J connectivity index is 1.62. The Hall–Kier alpha value is -1.16. The van der Waals surface area contributed by atoms with Crippen molar-refractivity contribution in [2.45, 2.75) is 36.5 Å². The first kappa shape index (κ1) is 13.8. The Morgan fingerprint density at radius 3 is 2.75 bits per heavy atom. The Labute approximate surface area is 125 Å². The summed E-state index contributed by atoms with van der Waals surface area (Å²) in [5.41, 5.74) is 7.63. The molecule has 1 saturated heterocycles. The third-order valence-electron chi connectivity index (χ3n) is 4.20. The fourth-order valence-electron chi connectivity index (χ4n) is 2.98. The lowest BCUT2D eigenvalue weighted by Gasteiger charge is -2.21. The molecule has 0 aliphatic carbocycles. The highest BCUT2D eigenvalue weighted by Gasteiger charge is 2.22. The van der Waals surface area contributed by atoms with E-state index in [9.17, 15) is 0 Å². The highest BCUT2D eigenvalue weighted by molar-refractivity contribution is 7.99. The summed E-state index contributed by atoms with van der Waals surface area (Å²) in [4.78, 5) is 8.36. The monoisotopic (exact) mass is 289 g/mol. The summed E-state index contributed by atoms with van der Waals surface area (Å²) in [6, 6.07) is 8.68. The zero-order chi connectivity index (χ0) is 13.8. The van der Waals surface area contributed by atoms with E-state index in [1.807, 2.05) is 11.8 Å². The SMILES string of the molecule is NC(=NCC1CSc2ccccc21)N1CCCCCC1. The van der Waals surface area contributed by atoms with Crippen LogP contribution >= 0.6 is 11.8 Å². The van der Waals surface area contributed by atoms with Crippen LogP contribution in [-0.4, -0.2) is 36.2 Å². The molecule has 0 spiro atoms. The molecule has 1 unspecified atom stereocenters. The highest BCUT2D eigenvalue weighted by Crippen LogP contribution is 2.39. The van der Waals surface area contributed by atoms with Crippen LogP contribution in [0.2, 0.25) is 0 Å². The molecule has 0 aromatic heterocycles. The summed E-state index contributed by atoms with van der Waals surface area (Å²) in [6.45, 7) is 2.98. The van der Waals surface area contributed by atoms with Gasteiger partial charge >= 0.3 is 0 Å². The zero-order valence-corrected chi connectivity index (χ0v) is 12.7. The lowest BCUT2D eigenvalue weighted by atomic mass is 10.0. The summed E-state index contributed by atoms with van der Waals surface area (Å²) in [7, 11) is 0. The van der Waals surface area contributed by atoms with Gasteiger partial charge in [0, 0.05) is 29.7 Å². The van der Waals surface area contributed by atoms with E-state index in [1.54, 1.807) is 0 Å². The minimum atomic E-state index is 0.529. The minimum Gasteiger partial charge on any atom is -0.370 e. The molecule has 1 atom stereocenters. The van der Waals surface area contributed by atoms with Crippen LogP contribution in [0.4, 0.5) is 0 Å². The number of fused-ring (bicyclic) bond motifs is 1. The van der Waals surface area contributed by atoms with E-state index >= 15 is 0 Å². The number of rotatable bonds is 2. The molecule has 2 heterocycles. The first-order chi connectivity index (χ1) is 9.84. The van der Waals surface area contributed by atoms with Crippen molar-refractivity contribution in [1.29, 1.82) is 0 Å². The van der Waals surface area contributed by atoms with Crippen molar-refractivity contribution in [2.75, 3.05) is 25.4 Å². The standard InChI is InChI=1S/C16H23N3S/c17-16(19-9-5-1-2-6-10-19)18-11-13-12-20-15-8-4-3-7-14(13)15/h3-4,7-8,13H,1-2,5-6,9-12H2,(H2,17,18). The van der Waals surface area contributed by atoms with Gasteiger partial charge in [-0.3, -0.25) is 4.99 Å². The molecule has 1 fully saturated rings. The third kappa shape index (κ3) is 3.11. The quantitative estimate of drug-likeness (QED) is 0.672. The maximum Gasteiger partial charge on any atom is 0.191 e. The predicted octanol–water partition coefficient (Wildman–Crippen LogP) is 3.07. The maximum atomic E-state index is 6.19. The van der Waals surface area contributed by atoms with Crippen LogP contribution in [0.25, 0.3) is 0 Å². The molecule has 0 bridgehead atoms. The smallest absolute Gasteiger partial charge is 0.191 e. The van der Waals surface area contributed by atoms with Gasteiger partial charge in [0.1, 0.15) is 0 Å². The minimum absolute atomic E-state index is 0.529. The van der Waals surface area contributed by atoms with Crippen LogP contribution in [0.1, 0.15) is 37.2 Å². The Kier molecular flexibility index (Phi) is 4.51. The molecule has 3 rings (SSSR count). The zero-order valence-electron chi connectivity index (χ0n) is 11.9. The second-order valence-corrected chi connectivity index (χ2v) is 6.71. The summed E-state index contributed by atoms with van der Waals surface area (Å²) >= 11 is 1.94. The lowest BCUT2D eigenvalue weighted by Crippen LogP contribution is -2.38. The van der Waals surface area contributed by atoms with Gasteiger partial charge in [0.15, 0.2) is 5.96 Å². The normalized spacial score (nSPS) is 23.5. The fraction of sp³-hybridized carbons (Fsp3) is 0.562. The number of thioether (sulfide) groups is 1. The van der Waals surface area contributed by atoms with E-state index in [2.05, 4.69) is 34.2 Å². The summed E-state index contributed by atoms with van der Waals surface area (Å²) in [6.07, 6.45) is 5.16. The number of likely N-dealkylation sites (tertiary alicyclic amines) is 1. The van der Waals surface area contributed by atoms with Gasteiger partial charge in [0.25, 0.3) is 0 Å². The summed E-state index contributed by atoms with van der Waals surface area (Å²) < 4.78 is 0. The Bertz CT molecular complexity index is 478. The van der Waals surface area contributed by atoms with Crippen LogP contribution in [-0.2, 0) is 0 Å². The molecular formula is C16H23N3S. The van der Waals surface area contributed by atoms with E-state index in [0.29, 0.717) is 5.92 Å². The average Bonchev–Trinajstić information content (AvgIpc) is 2.70. The van der Waals surface area contributed by atoms with Crippen molar-refractivity contribution in [1.82, 2.24) is 4.90 Å². The largest absolute Gasteiger partial charge is 0.370 e. The molecule has 1 aromatic rings. The summed E-state index contributed by atoms with van der Waals surface area (Å²) in [5, 5.41) is 0. The molecule has 0 amide bonds. The first-order valence-electron chi connectivity index (χ1n) is 7.61. The molecule has 3 nitrogen and oxygen atoms in total. The van der Waals surface area contributed by atoms with Crippen molar-refractivity contribution < 1.29 is 0 Å². The van der Waals surface area contributed by atoms with Crippen molar-refractivity contribution in [3.63, 3.8) is 0 Å². The number of hydrogen-bond donors (Lipinski definition) is 1. The van der Waals surface area contributed by atoms with E-state index in [0.717, 1.165) is 31.3 Å². The third-order valence-corrected chi connectivity index (χ3v) is 5.45. The van der Waals surface area contributed by atoms with Crippen LogP contribution in [0.5, 0.6) is 0 Å². The molecular weight excluding hydrogens is 266 g/mol. The van der Waals surface area contributed by atoms with Gasteiger partial charge in [0.2, 0.25) is 0 Å². The van der Waals surface area contributed by atoms with E-state index in [4.69, 9.17) is 5.73 Å². The number of guanidine groups is 1. The second-order valence-electron chi connectivity index (χ2n) is 5.65. The molecule has 4 heteroatoms.